The number of aryl methyl sites for hydroxylation is 1. The van der Waals surface area contributed by atoms with E-state index in [0.717, 1.165) is 10.5 Å². The van der Waals surface area contributed by atoms with E-state index in [0.29, 0.717) is 5.75 Å². The number of benzene rings is 2. The number of fused-ring (bicyclic) bond motifs is 1. The van der Waals surface area contributed by atoms with Gasteiger partial charge >= 0.3 is 0 Å². The Kier molecular flexibility index (Phi) is 3.61. The van der Waals surface area contributed by atoms with Gasteiger partial charge in [0.05, 0.1) is 5.75 Å². The van der Waals surface area contributed by atoms with Crippen molar-refractivity contribution in [2.45, 2.75) is 4.90 Å². The largest absolute Gasteiger partial charge is 0.357 e. The molecular weight excluding hydrogens is 266 g/mol. The molecule has 0 aliphatic carbocycles. The summed E-state index contributed by atoms with van der Waals surface area (Å²) in [5.74, 6) is 0.645. The first-order valence-electron chi connectivity index (χ1n) is 6.49. The van der Waals surface area contributed by atoms with E-state index < -0.39 is 0 Å². The fraction of sp³-hybridized carbons (Fsp3) is 0.118. The molecule has 3 aromatic rings. The van der Waals surface area contributed by atoms with Crippen LogP contribution in [0.4, 0.5) is 0 Å². The van der Waals surface area contributed by atoms with Gasteiger partial charge in [-0.25, -0.2) is 0 Å². The van der Waals surface area contributed by atoms with Gasteiger partial charge in [-0.2, -0.15) is 0 Å². The van der Waals surface area contributed by atoms with Gasteiger partial charge in [0, 0.05) is 29.9 Å². The van der Waals surface area contributed by atoms with Crippen molar-refractivity contribution in [3.63, 3.8) is 0 Å². The minimum absolute atomic E-state index is 0.170. The van der Waals surface area contributed by atoms with Crippen LogP contribution in [0.15, 0.2) is 65.8 Å². The van der Waals surface area contributed by atoms with Crippen molar-refractivity contribution in [1.82, 2.24) is 4.57 Å². The number of rotatable bonds is 4. The summed E-state index contributed by atoms with van der Waals surface area (Å²) >= 11 is 1.59. The third kappa shape index (κ3) is 2.78. The van der Waals surface area contributed by atoms with Gasteiger partial charge in [-0.3, -0.25) is 4.79 Å². The number of nitrogens with zero attached hydrogens (tertiary/aromatic N) is 1. The van der Waals surface area contributed by atoms with Crippen molar-refractivity contribution in [2.75, 3.05) is 5.75 Å². The third-order valence-corrected chi connectivity index (χ3v) is 4.24. The Balaban J connectivity index is 1.72. The van der Waals surface area contributed by atoms with Crippen molar-refractivity contribution in [3.8, 4) is 0 Å². The molecular formula is C17H15NOS. The lowest BCUT2D eigenvalue weighted by atomic mass is 10.1. The molecule has 0 radical (unpaired) electrons. The summed E-state index contributed by atoms with van der Waals surface area (Å²) in [6, 6.07) is 16.4. The number of hydrogen-bond donors (Lipinski definition) is 0. The van der Waals surface area contributed by atoms with Crippen LogP contribution in [0.25, 0.3) is 10.8 Å². The van der Waals surface area contributed by atoms with E-state index in [9.17, 15) is 4.79 Å². The molecule has 0 aliphatic rings. The van der Waals surface area contributed by atoms with E-state index in [1.54, 1.807) is 11.8 Å². The second kappa shape index (κ2) is 5.55. The summed E-state index contributed by atoms with van der Waals surface area (Å²) in [6.45, 7) is 0. The summed E-state index contributed by atoms with van der Waals surface area (Å²) in [4.78, 5) is 13.2. The van der Waals surface area contributed by atoms with Crippen LogP contribution in [0.2, 0.25) is 0 Å². The number of aromatic nitrogens is 1. The average molecular weight is 281 g/mol. The first-order chi connectivity index (χ1) is 9.72. The molecule has 0 N–H and O–H groups in total. The smallest absolute Gasteiger partial charge is 0.174 e. The molecule has 2 nitrogen and oxygen atoms in total. The Morgan fingerprint density at radius 2 is 1.90 bits per heavy atom. The minimum Gasteiger partial charge on any atom is -0.357 e. The molecule has 0 saturated heterocycles. The van der Waals surface area contributed by atoms with Crippen LogP contribution < -0.4 is 0 Å². The molecule has 0 unspecified atom stereocenters. The molecule has 3 heteroatoms. The van der Waals surface area contributed by atoms with Crippen molar-refractivity contribution in [1.29, 1.82) is 0 Å². The van der Waals surface area contributed by atoms with Gasteiger partial charge < -0.3 is 4.57 Å². The molecule has 0 spiro atoms. The second-order valence-corrected chi connectivity index (χ2v) is 5.84. The molecule has 2 aromatic carbocycles. The quantitative estimate of drug-likeness (QED) is 0.529. The van der Waals surface area contributed by atoms with Gasteiger partial charge in [0.25, 0.3) is 0 Å². The molecule has 20 heavy (non-hydrogen) atoms. The van der Waals surface area contributed by atoms with Crippen molar-refractivity contribution in [3.05, 3.63) is 66.5 Å². The minimum atomic E-state index is 0.170. The monoisotopic (exact) mass is 281 g/mol. The SMILES string of the molecule is Cn1ccc(C(=O)CSc2ccc3ccccc3c2)c1. The molecule has 0 amide bonds. The molecule has 0 atom stereocenters. The normalized spacial score (nSPS) is 10.8. The maximum atomic E-state index is 12.1. The maximum Gasteiger partial charge on any atom is 0.174 e. The highest BCUT2D eigenvalue weighted by Crippen LogP contribution is 2.24. The highest BCUT2D eigenvalue weighted by Gasteiger charge is 2.07. The number of hydrogen-bond acceptors (Lipinski definition) is 2. The van der Waals surface area contributed by atoms with Crippen LogP contribution >= 0.6 is 11.8 Å². The van der Waals surface area contributed by atoms with Gasteiger partial charge in [-0.15, -0.1) is 11.8 Å². The van der Waals surface area contributed by atoms with Crippen LogP contribution in [-0.4, -0.2) is 16.1 Å². The number of Topliss-reactive ketones (excluding diaryl/α,β-unsaturated/α-hetero) is 1. The van der Waals surface area contributed by atoms with Crippen molar-refractivity contribution in [2.24, 2.45) is 7.05 Å². The van der Waals surface area contributed by atoms with Gasteiger partial charge in [-0.05, 0) is 29.0 Å². The van der Waals surface area contributed by atoms with Crippen LogP contribution in [-0.2, 0) is 7.05 Å². The topological polar surface area (TPSA) is 22.0 Å². The molecule has 3 rings (SSSR count). The van der Waals surface area contributed by atoms with Crippen LogP contribution in [0.3, 0.4) is 0 Å². The van der Waals surface area contributed by atoms with Crippen molar-refractivity contribution < 1.29 is 4.79 Å². The van der Waals surface area contributed by atoms with Gasteiger partial charge in [0.2, 0.25) is 0 Å². The number of carbonyl (C=O) groups excluding carboxylic acids is 1. The van der Waals surface area contributed by atoms with E-state index in [1.165, 1.54) is 10.8 Å². The van der Waals surface area contributed by atoms with Crippen LogP contribution in [0, 0.1) is 0 Å². The summed E-state index contributed by atoms with van der Waals surface area (Å²) in [6.07, 6.45) is 3.76. The van der Waals surface area contributed by atoms with Crippen LogP contribution in [0.5, 0.6) is 0 Å². The summed E-state index contributed by atoms with van der Waals surface area (Å²) in [5.41, 5.74) is 0.779. The Morgan fingerprint density at radius 3 is 2.65 bits per heavy atom. The number of thioether (sulfide) groups is 1. The predicted octanol–water partition coefficient (Wildman–Crippen LogP) is 4.15. The molecule has 0 fully saturated rings. The zero-order valence-electron chi connectivity index (χ0n) is 11.2. The zero-order chi connectivity index (χ0) is 13.9. The second-order valence-electron chi connectivity index (χ2n) is 4.79. The fourth-order valence-corrected chi connectivity index (χ4v) is 3.00. The highest BCUT2D eigenvalue weighted by atomic mass is 32.2. The lowest BCUT2D eigenvalue weighted by Crippen LogP contribution is -2.00. The molecule has 100 valence electrons. The first kappa shape index (κ1) is 13.0. The van der Waals surface area contributed by atoms with Gasteiger partial charge in [0.1, 0.15) is 0 Å². The zero-order valence-corrected chi connectivity index (χ0v) is 12.1. The molecule has 1 aromatic heterocycles. The Hall–Kier alpha value is -2.00. The molecule has 0 saturated carbocycles. The first-order valence-corrected chi connectivity index (χ1v) is 7.48. The number of carbonyl (C=O) groups is 1. The van der Waals surface area contributed by atoms with E-state index in [4.69, 9.17) is 0 Å². The van der Waals surface area contributed by atoms with E-state index in [-0.39, 0.29) is 5.78 Å². The van der Waals surface area contributed by atoms with E-state index >= 15 is 0 Å². The molecule has 0 bridgehead atoms. The van der Waals surface area contributed by atoms with Crippen molar-refractivity contribution >= 4 is 28.3 Å². The van der Waals surface area contributed by atoms with Gasteiger partial charge in [-0.1, -0.05) is 30.3 Å². The van der Waals surface area contributed by atoms with Crippen LogP contribution in [0.1, 0.15) is 10.4 Å². The van der Waals surface area contributed by atoms with E-state index in [2.05, 4.69) is 30.3 Å². The lowest BCUT2D eigenvalue weighted by molar-refractivity contribution is 0.102. The maximum absolute atomic E-state index is 12.1. The highest BCUT2D eigenvalue weighted by molar-refractivity contribution is 8.00. The van der Waals surface area contributed by atoms with E-state index in [1.807, 2.05) is 42.2 Å². The Labute approximate surface area is 122 Å². The summed E-state index contributed by atoms with van der Waals surface area (Å²) < 4.78 is 1.90. The molecule has 1 heterocycles. The number of ketones is 1. The summed E-state index contributed by atoms with van der Waals surface area (Å²) in [5, 5.41) is 2.44. The predicted molar refractivity (Wildman–Crippen MR) is 84.4 cm³/mol. The Bertz CT molecular complexity index is 760. The fourth-order valence-electron chi connectivity index (χ4n) is 2.16. The molecule has 0 aliphatic heterocycles. The Morgan fingerprint density at radius 1 is 1.10 bits per heavy atom. The standard InChI is InChI=1S/C17H15NOS/c1-18-9-8-15(11-18)17(19)12-20-16-7-6-13-4-2-3-5-14(13)10-16/h2-11H,12H2,1H3. The average Bonchev–Trinajstić information content (AvgIpc) is 2.91. The lowest BCUT2D eigenvalue weighted by Gasteiger charge is -2.03. The third-order valence-electron chi connectivity index (χ3n) is 3.24. The van der Waals surface area contributed by atoms with Gasteiger partial charge in [0.15, 0.2) is 5.78 Å². The summed E-state index contributed by atoms with van der Waals surface area (Å²) in [7, 11) is 1.92.